The zero-order chi connectivity index (χ0) is 16.0. The summed E-state index contributed by atoms with van der Waals surface area (Å²) in [5.41, 5.74) is 0.710. The van der Waals surface area contributed by atoms with Crippen LogP contribution in [0.1, 0.15) is 39.8 Å². The highest BCUT2D eigenvalue weighted by atomic mass is 16.6. The van der Waals surface area contributed by atoms with Crippen molar-refractivity contribution in [3.63, 3.8) is 0 Å². The molecular weight excluding hydrogens is 274 g/mol. The van der Waals surface area contributed by atoms with E-state index in [1.54, 1.807) is 39.4 Å². The van der Waals surface area contributed by atoms with Crippen LogP contribution in [0.25, 0.3) is 0 Å². The van der Waals surface area contributed by atoms with Gasteiger partial charge in [-0.2, -0.15) is 5.10 Å². The van der Waals surface area contributed by atoms with Crippen LogP contribution in [0.4, 0.5) is 10.5 Å². The van der Waals surface area contributed by atoms with Gasteiger partial charge in [0.15, 0.2) is 0 Å². The predicted octanol–water partition coefficient (Wildman–Crippen LogP) is 2.26. The number of nitrogens with one attached hydrogen (secondary N) is 1. The van der Waals surface area contributed by atoms with E-state index in [1.165, 1.54) is 6.20 Å². The van der Waals surface area contributed by atoms with E-state index in [0.29, 0.717) is 18.7 Å². The molecule has 0 bridgehead atoms. The third kappa shape index (κ3) is 5.85. The lowest BCUT2D eigenvalue weighted by Gasteiger charge is -2.19. The van der Waals surface area contributed by atoms with Crippen LogP contribution in [0.3, 0.4) is 0 Å². The van der Waals surface area contributed by atoms with Gasteiger partial charge in [-0.1, -0.05) is 0 Å². The summed E-state index contributed by atoms with van der Waals surface area (Å²) < 4.78 is 11.7. The molecule has 1 heterocycles. The maximum Gasteiger partial charge on any atom is 0.412 e. The molecule has 0 aliphatic carbocycles. The molecule has 7 nitrogen and oxygen atoms in total. The standard InChI is InChI=1S/C14H23N3O4/c1-6-20-12(18)8-7-11-10(9-15-17(11)5)16-13(19)21-14(2,3)4/h9H,6-8H2,1-5H3,(H,16,19). The second-order valence-corrected chi connectivity index (χ2v) is 5.56. The number of amides is 1. The lowest BCUT2D eigenvalue weighted by atomic mass is 10.2. The van der Waals surface area contributed by atoms with Gasteiger partial charge in [-0.05, 0) is 27.7 Å². The summed E-state index contributed by atoms with van der Waals surface area (Å²) in [6, 6.07) is 0. The van der Waals surface area contributed by atoms with Gasteiger partial charge in [0, 0.05) is 13.5 Å². The van der Waals surface area contributed by atoms with Crippen molar-refractivity contribution in [1.29, 1.82) is 0 Å². The highest BCUT2D eigenvalue weighted by Crippen LogP contribution is 2.18. The molecule has 0 radical (unpaired) electrons. The van der Waals surface area contributed by atoms with Crippen molar-refractivity contribution in [2.75, 3.05) is 11.9 Å². The van der Waals surface area contributed by atoms with Crippen molar-refractivity contribution in [2.45, 2.75) is 46.1 Å². The van der Waals surface area contributed by atoms with E-state index in [1.807, 2.05) is 0 Å². The van der Waals surface area contributed by atoms with E-state index in [2.05, 4.69) is 10.4 Å². The quantitative estimate of drug-likeness (QED) is 0.843. The first kappa shape index (κ1) is 17.0. The van der Waals surface area contributed by atoms with Crippen LogP contribution in [-0.4, -0.2) is 34.1 Å². The Morgan fingerprint density at radius 1 is 1.38 bits per heavy atom. The molecule has 0 aromatic carbocycles. The van der Waals surface area contributed by atoms with Crippen LogP contribution >= 0.6 is 0 Å². The van der Waals surface area contributed by atoms with E-state index in [0.717, 1.165) is 5.69 Å². The summed E-state index contributed by atoms with van der Waals surface area (Å²) in [5, 5.41) is 6.73. The van der Waals surface area contributed by atoms with Gasteiger partial charge in [0.25, 0.3) is 0 Å². The molecule has 1 amide bonds. The molecule has 21 heavy (non-hydrogen) atoms. The summed E-state index contributed by atoms with van der Waals surface area (Å²) in [6.45, 7) is 7.48. The molecule has 0 unspecified atom stereocenters. The number of nitrogens with zero attached hydrogens (tertiary/aromatic N) is 2. The Balaban J connectivity index is 2.68. The Labute approximate surface area is 124 Å². The molecule has 1 aromatic rings. The smallest absolute Gasteiger partial charge is 0.412 e. The van der Waals surface area contributed by atoms with Gasteiger partial charge >= 0.3 is 12.1 Å². The third-order valence-corrected chi connectivity index (χ3v) is 2.57. The lowest BCUT2D eigenvalue weighted by molar-refractivity contribution is -0.143. The van der Waals surface area contributed by atoms with Crippen molar-refractivity contribution >= 4 is 17.7 Å². The van der Waals surface area contributed by atoms with Crippen molar-refractivity contribution in [3.8, 4) is 0 Å². The summed E-state index contributed by atoms with van der Waals surface area (Å²) in [5.74, 6) is -0.276. The van der Waals surface area contributed by atoms with Crippen molar-refractivity contribution in [2.24, 2.45) is 7.05 Å². The van der Waals surface area contributed by atoms with Gasteiger partial charge in [0.05, 0.1) is 30.6 Å². The fraction of sp³-hybridized carbons (Fsp3) is 0.643. The molecule has 0 aliphatic rings. The second kappa shape index (κ2) is 7.10. The normalized spacial score (nSPS) is 11.1. The van der Waals surface area contributed by atoms with Crippen molar-refractivity contribution in [3.05, 3.63) is 11.9 Å². The molecule has 1 aromatic heterocycles. The highest BCUT2D eigenvalue weighted by Gasteiger charge is 2.19. The first-order chi connectivity index (χ1) is 9.73. The largest absolute Gasteiger partial charge is 0.466 e. The first-order valence-corrected chi connectivity index (χ1v) is 6.89. The minimum atomic E-state index is -0.572. The predicted molar refractivity (Wildman–Crippen MR) is 78.0 cm³/mol. The minimum Gasteiger partial charge on any atom is -0.466 e. The molecule has 0 atom stereocenters. The SMILES string of the molecule is CCOC(=O)CCc1c(NC(=O)OC(C)(C)C)cnn1C. The minimum absolute atomic E-state index is 0.233. The average molecular weight is 297 g/mol. The summed E-state index contributed by atoms with van der Waals surface area (Å²) in [6.07, 6.45) is 1.65. The van der Waals surface area contributed by atoms with Gasteiger partial charge in [0.2, 0.25) is 0 Å². The molecule has 0 spiro atoms. The monoisotopic (exact) mass is 297 g/mol. The third-order valence-electron chi connectivity index (χ3n) is 2.57. The molecule has 0 fully saturated rings. The fourth-order valence-electron chi connectivity index (χ4n) is 1.73. The number of esters is 1. The van der Waals surface area contributed by atoms with Crippen LogP contribution in [0.2, 0.25) is 0 Å². The van der Waals surface area contributed by atoms with Crippen LogP contribution in [-0.2, 0) is 27.7 Å². The molecule has 0 aliphatic heterocycles. The lowest BCUT2D eigenvalue weighted by Crippen LogP contribution is -2.27. The maximum atomic E-state index is 11.8. The topological polar surface area (TPSA) is 82.4 Å². The van der Waals surface area contributed by atoms with E-state index >= 15 is 0 Å². The number of carbonyl (C=O) groups is 2. The molecule has 1 rings (SSSR count). The van der Waals surface area contributed by atoms with E-state index < -0.39 is 11.7 Å². The highest BCUT2D eigenvalue weighted by molar-refractivity contribution is 5.85. The Kier molecular flexibility index (Phi) is 5.75. The number of ether oxygens (including phenoxy) is 2. The van der Waals surface area contributed by atoms with Crippen LogP contribution < -0.4 is 5.32 Å². The Morgan fingerprint density at radius 3 is 2.62 bits per heavy atom. The molecular formula is C14H23N3O4. The van der Waals surface area contributed by atoms with Gasteiger partial charge in [-0.15, -0.1) is 0 Å². The van der Waals surface area contributed by atoms with E-state index in [9.17, 15) is 9.59 Å². The van der Waals surface area contributed by atoms with E-state index in [-0.39, 0.29) is 12.4 Å². The maximum absolute atomic E-state index is 11.8. The van der Waals surface area contributed by atoms with Gasteiger partial charge in [-0.25, -0.2) is 4.79 Å². The zero-order valence-electron chi connectivity index (χ0n) is 13.2. The number of aryl methyl sites for hydroxylation is 1. The zero-order valence-corrected chi connectivity index (χ0v) is 13.2. The Hall–Kier alpha value is -2.05. The number of hydrogen-bond donors (Lipinski definition) is 1. The summed E-state index contributed by atoms with van der Waals surface area (Å²) in [4.78, 5) is 23.2. The second-order valence-electron chi connectivity index (χ2n) is 5.56. The van der Waals surface area contributed by atoms with Crippen molar-refractivity contribution in [1.82, 2.24) is 9.78 Å². The van der Waals surface area contributed by atoms with Gasteiger partial charge < -0.3 is 9.47 Å². The molecule has 0 saturated carbocycles. The molecule has 118 valence electrons. The number of hydrogen-bond acceptors (Lipinski definition) is 5. The van der Waals surface area contributed by atoms with Crippen molar-refractivity contribution < 1.29 is 19.1 Å². The number of rotatable bonds is 5. The number of anilines is 1. The molecule has 1 N–H and O–H groups in total. The average Bonchev–Trinajstić information content (AvgIpc) is 2.65. The van der Waals surface area contributed by atoms with Gasteiger partial charge in [0.1, 0.15) is 5.60 Å². The fourth-order valence-corrected chi connectivity index (χ4v) is 1.73. The number of carbonyl (C=O) groups excluding carboxylic acids is 2. The van der Waals surface area contributed by atoms with Gasteiger partial charge in [-0.3, -0.25) is 14.8 Å². The molecule has 7 heteroatoms. The molecule has 0 saturated heterocycles. The van der Waals surface area contributed by atoms with Crippen LogP contribution in [0.5, 0.6) is 0 Å². The summed E-state index contributed by atoms with van der Waals surface area (Å²) in [7, 11) is 1.75. The number of aromatic nitrogens is 2. The first-order valence-electron chi connectivity index (χ1n) is 6.89. The Morgan fingerprint density at radius 2 is 2.05 bits per heavy atom. The summed E-state index contributed by atoms with van der Waals surface area (Å²) >= 11 is 0. The Bertz CT molecular complexity index is 503. The van der Waals surface area contributed by atoms with Crippen LogP contribution in [0, 0.1) is 0 Å². The van der Waals surface area contributed by atoms with Crippen LogP contribution in [0.15, 0.2) is 6.20 Å². The van der Waals surface area contributed by atoms with E-state index in [4.69, 9.17) is 9.47 Å².